The molecule has 0 saturated carbocycles. The summed E-state index contributed by atoms with van der Waals surface area (Å²) in [6.07, 6.45) is 0. The van der Waals surface area contributed by atoms with Crippen molar-refractivity contribution >= 4 is 40.2 Å². The number of anilines is 1. The zero-order chi connectivity index (χ0) is 17.9. The number of rotatable bonds is 5. The van der Waals surface area contributed by atoms with Crippen molar-refractivity contribution in [3.8, 4) is 0 Å². The van der Waals surface area contributed by atoms with Gasteiger partial charge in [-0.1, -0.05) is 59.6 Å². The lowest BCUT2D eigenvalue weighted by molar-refractivity contribution is 0.846. The average Bonchev–Trinajstić information content (AvgIpc) is 3.07. The lowest BCUT2D eigenvalue weighted by atomic mass is 9.91. The van der Waals surface area contributed by atoms with E-state index < -0.39 is 0 Å². The number of nitrogens with one attached hydrogen (secondary N) is 2. The fraction of sp³-hybridized carbons (Fsp3) is 0.0952. The summed E-state index contributed by atoms with van der Waals surface area (Å²) in [5, 5.41) is 4.89. The summed E-state index contributed by atoms with van der Waals surface area (Å²) in [7, 11) is 0. The highest BCUT2D eigenvalue weighted by Crippen LogP contribution is 2.27. The van der Waals surface area contributed by atoms with E-state index in [1.807, 2.05) is 48.5 Å². The number of benzene rings is 3. The van der Waals surface area contributed by atoms with E-state index in [0.717, 1.165) is 27.0 Å². The van der Waals surface area contributed by atoms with Crippen LogP contribution in [-0.4, -0.2) is 16.5 Å². The van der Waals surface area contributed by atoms with E-state index in [2.05, 4.69) is 39.6 Å². The van der Waals surface area contributed by atoms with E-state index in [0.29, 0.717) is 6.54 Å². The number of hydrogen-bond acceptors (Lipinski definition) is 2. The lowest BCUT2D eigenvalue weighted by Gasteiger charge is -2.19. The second-order valence-corrected chi connectivity index (χ2v) is 7.01. The molecule has 3 aromatic carbocycles. The number of para-hydroxylation sites is 2. The third-order valence-corrected chi connectivity index (χ3v) is 4.91. The average molecular weight is 382 g/mol. The van der Waals surface area contributed by atoms with Crippen LogP contribution in [0.4, 0.5) is 5.95 Å². The highest BCUT2D eigenvalue weighted by molar-refractivity contribution is 6.30. The van der Waals surface area contributed by atoms with Crippen LogP contribution in [0.2, 0.25) is 10.0 Å². The second kappa shape index (κ2) is 7.40. The van der Waals surface area contributed by atoms with Crippen LogP contribution in [0.3, 0.4) is 0 Å². The van der Waals surface area contributed by atoms with Crippen molar-refractivity contribution in [2.75, 3.05) is 11.9 Å². The molecule has 0 fully saturated rings. The van der Waals surface area contributed by atoms with Crippen LogP contribution in [0.15, 0.2) is 72.8 Å². The Balaban J connectivity index is 1.61. The zero-order valence-corrected chi connectivity index (χ0v) is 15.4. The van der Waals surface area contributed by atoms with E-state index in [9.17, 15) is 0 Å². The number of hydrogen-bond donors (Lipinski definition) is 2. The molecule has 0 saturated heterocycles. The maximum Gasteiger partial charge on any atom is 0.201 e. The molecule has 0 aliphatic heterocycles. The Hall–Kier alpha value is -2.49. The fourth-order valence-corrected chi connectivity index (χ4v) is 3.31. The Kier molecular flexibility index (Phi) is 4.83. The molecule has 0 unspecified atom stereocenters. The molecule has 0 amide bonds. The van der Waals surface area contributed by atoms with Crippen LogP contribution in [0.5, 0.6) is 0 Å². The molecular formula is C21H17Cl2N3. The molecule has 0 radical (unpaired) electrons. The summed E-state index contributed by atoms with van der Waals surface area (Å²) in [6.45, 7) is 0.698. The van der Waals surface area contributed by atoms with Gasteiger partial charge in [0, 0.05) is 22.5 Å². The molecule has 0 spiro atoms. The van der Waals surface area contributed by atoms with Crippen LogP contribution in [0, 0.1) is 0 Å². The molecule has 5 heteroatoms. The third kappa shape index (κ3) is 3.69. The monoisotopic (exact) mass is 381 g/mol. The van der Waals surface area contributed by atoms with Crippen molar-refractivity contribution in [1.82, 2.24) is 9.97 Å². The predicted molar refractivity (Wildman–Crippen MR) is 109 cm³/mol. The van der Waals surface area contributed by atoms with Crippen molar-refractivity contribution in [3.05, 3.63) is 94.0 Å². The Bertz CT molecular complexity index is 929. The Morgan fingerprint density at radius 3 is 1.96 bits per heavy atom. The first-order chi connectivity index (χ1) is 12.7. The zero-order valence-electron chi connectivity index (χ0n) is 13.9. The SMILES string of the molecule is Clc1ccc(C(CNc2nc3ccccc3[nH]2)c2ccc(Cl)cc2)cc1. The predicted octanol–water partition coefficient (Wildman–Crippen LogP) is 6.11. The van der Waals surface area contributed by atoms with E-state index in [4.69, 9.17) is 23.2 Å². The quantitative estimate of drug-likeness (QED) is 0.437. The fourth-order valence-electron chi connectivity index (χ4n) is 3.05. The molecule has 130 valence electrons. The van der Waals surface area contributed by atoms with Gasteiger partial charge in [-0.3, -0.25) is 0 Å². The largest absolute Gasteiger partial charge is 0.355 e. The minimum atomic E-state index is 0.151. The Morgan fingerprint density at radius 1 is 0.808 bits per heavy atom. The molecule has 4 rings (SSSR count). The number of H-pyrrole nitrogens is 1. The van der Waals surface area contributed by atoms with Crippen molar-refractivity contribution in [3.63, 3.8) is 0 Å². The highest BCUT2D eigenvalue weighted by Gasteiger charge is 2.15. The highest BCUT2D eigenvalue weighted by atomic mass is 35.5. The minimum absolute atomic E-state index is 0.151. The summed E-state index contributed by atoms with van der Waals surface area (Å²) >= 11 is 12.1. The number of nitrogens with zero attached hydrogens (tertiary/aromatic N) is 1. The third-order valence-electron chi connectivity index (χ3n) is 4.41. The van der Waals surface area contributed by atoms with Crippen molar-refractivity contribution in [2.45, 2.75) is 5.92 Å². The number of fused-ring (bicyclic) bond motifs is 1. The van der Waals surface area contributed by atoms with Gasteiger partial charge in [-0.2, -0.15) is 0 Å². The minimum Gasteiger partial charge on any atom is -0.355 e. The van der Waals surface area contributed by atoms with Gasteiger partial charge in [0.15, 0.2) is 0 Å². The molecule has 26 heavy (non-hydrogen) atoms. The van der Waals surface area contributed by atoms with E-state index in [-0.39, 0.29) is 5.92 Å². The summed E-state index contributed by atoms with van der Waals surface area (Å²) in [5.41, 5.74) is 4.33. The Labute approximate surface area is 162 Å². The number of aromatic amines is 1. The number of imidazole rings is 1. The number of halogens is 2. The first kappa shape index (κ1) is 17.0. The first-order valence-corrected chi connectivity index (χ1v) is 9.14. The van der Waals surface area contributed by atoms with Crippen molar-refractivity contribution in [1.29, 1.82) is 0 Å². The van der Waals surface area contributed by atoms with Gasteiger partial charge in [0.1, 0.15) is 0 Å². The van der Waals surface area contributed by atoms with E-state index in [1.165, 1.54) is 11.1 Å². The summed E-state index contributed by atoms with van der Waals surface area (Å²) in [4.78, 5) is 7.90. The van der Waals surface area contributed by atoms with Gasteiger partial charge >= 0.3 is 0 Å². The van der Waals surface area contributed by atoms with Crippen LogP contribution in [0.1, 0.15) is 17.0 Å². The van der Waals surface area contributed by atoms with Crippen LogP contribution < -0.4 is 5.32 Å². The molecule has 4 aromatic rings. The first-order valence-electron chi connectivity index (χ1n) is 8.38. The van der Waals surface area contributed by atoms with Crippen LogP contribution in [-0.2, 0) is 0 Å². The topological polar surface area (TPSA) is 40.7 Å². The molecule has 0 aliphatic carbocycles. The second-order valence-electron chi connectivity index (χ2n) is 6.14. The van der Waals surface area contributed by atoms with Gasteiger partial charge in [-0.25, -0.2) is 4.98 Å². The van der Waals surface area contributed by atoms with Crippen LogP contribution in [0.25, 0.3) is 11.0 Å². The van der Waals surface area contributed by atoms with Gasteiger partial charge in [0.2, 0.25) is 5.95 Å². The molecule has 1 aromatic heterocycles. The van der Waals surface area contributed by atoms with Gasteiger partial charge in [0.25, 0.3) is 0 Å². The maximum atomic E-state index is 6.05. The van der Waals surface area contributed by atoms with Gasteiger partial charge in [0.05, 0.1) is 11.0 Å². The van der Waals surface area contributed by atoms with Crippen LogP contribution >= 0.6 is 23.2 Å². The number of aromatic nitrogens is 2. The van der Waals surface area contributed by atoms with Gasteiger partial charge < -0.3 is 10.3 Å². The van der Waals surface area contributed by atoms with Gasteiger partial charge in [-0.15, -0.1) is 0 Å². The van der Waals surface area contributed by atoms with Crippen molar-refractivity contribution < 1.29 is 0 Å². The summed E-state index contributed by atoms with van der Waals surface area (Å²) < 4.78 is 0. The van der Waals surface area contributed by atoms with Gasteiger partial charge in [-0.05, 0) is 47.5 Å². The van der Waals surface area contributed by atoms with E-state index >= 15 is 0 Å². The van der Waals surface area contributed by atoms with Crippen molar-refractivity contribution in [2.24, 2.45) is 0 Å². The maximum absolute atomic E-state index is 6.05. The smallest absolute Gasteiger partial charge is 0.201 e. The standard InChI is InChI=1S/C21H17Cl2N3/c22-16-9-5-14(6-10-16)18(15-7-11-17(23)12-8-15)13-24-21-25-19-3-1-2-4-20(19)26-21/h1-12,18H,13H2,(H2,24,25,26). The molecule has 1 heterocycles. The molecular weight excluding hydrogens is 365 g/mol. The summed E-state index contributed by atoms with van der Waals surface area (Å²) in [6, 6.07) is 23.9. The Morgan fingerprint density at radius 2 is 1.38 bits per heavy atom. The van der Waals surface area contributed by atoms with E-state index in [1.54, 1.807) is 0 Å². The molecule has 2 N–H and O–H groups in total. The molecule has 0 aliphatic rings. The summed E-state index contributed by atoms with van der Waals surface area (Å²) in [5.74, 6) is 0.914. The lowest BCUT2D eigenvalue weighted by Crippen LogP contribution is -2.14. The molecule has 3 nitrogen and oxygen atoms in total. The normalized spacial score (nSPS) is 11.2. The molecule has 0 atom stereocenters. The molecule has 0 bridgehead atoms.